The fourth-order valence-corrected chi connectivity index (χ4v) is 1.82. The van der Waals surface area contributed by atoms with Crippen LogP contribution in [0.25, 0.3) is 10.8 Å². The van der Waals surface area contributed by atoms with Crippen molar-refractivity contribution in [2.75, 3.05) is 0 Å². The van der Waals surface area contributed by atoms with Gasteiger partial charge in [0.05, 0.1) is 0 Å². The van der Waals surface area contributed by atoms with Gasteiger partial charge in [-0.3, -0.25) is 0 Å². The fraction of sp³-hybridized carbons (Fsp3) is 0.308. The van der Waals surface area contributed by atoms with E-state index in [4.69, 9.17) is 0 Å². The molecule has 2 aromatic rings. The summed E-state index contributed by atoms with van der Waals surface area (Å²) in [7, 11) is 0. The summed E-state index contributed by atoms with van der Waals surface area (Å²) in [6.45, 7) is 4.54. The first kappa shape index (κ1) is 18.7. The van der Waals surface area contributed by atoms with Crippen LogP contribution < -0.4 is 24.8 Å². The van der Waals surface area contributed by atoms with Crippen LogP contribution in [0.4, 0.5) is 0 Å². The maximum absolute atomic E-state index is 2.29. The van der Waals surface area contributed by atoms with E-state index >= 15 is 0 Å². The molecular formula is C13H15Cl2Zr. The Kier molecular flexibility index (Phi) is 9.79. The van der Waals surface area contributed by atoms with Crippen LogP contribution in [-0.2, 0) is 26.2 Å². The number of benzene rings is 1. The van der Waals surface area contributed by atoms with E-state index in [2.05, 4.69) is 50.2 Å². The average Bonchev–Trinajstić information content (AvgIpc) is 2.60. The van der Waals surface area contributed by atoms with Crippen LogP contribution in [0.2, 0.25) is 0 Å². The van der Waals surface area contributed by atoms with Crippen LogP contribution in [0, 0.1) is 0 Å². The molecule has 0 amide bonds. The predicted molar refractivity (Wildman–Crippen MR) is 58.2 cm³/mol. The molecule has 0 heterocycles. The smallest absolute Gasteiger partial charge is 1.00 e. The molecule has 0 aromatic heterocycles. The molecule has 0 saturated carbocycles. The molecule has 0 aliphatic carbocycles. The van der Waals surface area contributed by atoms with Gasteiger partial charge in [0.15, 0.2) is 0 Å². The zero-order chi connectivity index (χ0) is 9.26. The van der Waals surface area contributed by atoms with Crippen molar-refractivity contribution in [1.82, 2.24) is 0 Å². The van der Waals surface area contributed by atoms with Crippen molar-refractivity contribution in [3.05, 3.63) is 42.0 Å². The van der Waals surface area contributed by atoms with Crippen LogP contribution in [0.1, 0.15) is 31.7 Å². The Morgan fingerprint density at radius 3 is 2.44 bits per heavy atom. The molecular weight excluding hydrogens is 318 g/mol. The molecule has 0 nitrogen and oxygen atoms in total. The number of hydrogen-bond donors (Lipinski definition) is 0. The van der Waals surface area contributed by atoms with Gasteiger partial charge < -0.3 is 24.8 Å². The van der Waals surface area contributed by atoms with Crippen molar-refractivity contribution >= 4 is 10.8 Å². The second kappa shape index (κ2) is 8.39. The van der Waals surface area contributed by atoms with Crippen molar-refractivity contribution < 1.29 is 51.0 Å². The van der Waals surface area contributed by atoms with Crippen molar-refractivity contribution in [2.45, 2.75) is 26.2 Å². The average molecular weight is 333 g/mol. The molecule has 1 radical (unpaired) electrons. The van der Waals surface area contributed by atoms with Crippen LogP contribution in [0.15, 0.2) is 36.4 Å². The van der Waals surface area contributed by atoms with Gasteiger partial charge in [-0.1, -0.05) is 32.3 Å². The third-order valence-corrected chi connectivity index (χ3v) is 2.86. The Bertz CT molecular complexity index is 409. The molecule has 1 unspecified atom stereocenters. The molecule has 0 aliphatic heterocycles. The second-order valence-electron chi connectivity index (χ2n) is 3.69. The molecule has 16 heavy (non-hydrogen) atoms. The van der Waals surface area contributed by atoms with Crippen molar-refractivity contribution in [1.29, 1.82) is 0 Å². The number of fused-ring (bicyclic) bond motifs is 1. The fourth-order valence-electron chi connectivity index (χ4n) is 1.82. The third kappa shape index (κ3) is 3.65. The van der Waals surface area contributed by atoms with E-state index in [-0.39, 0.29) is 51.0 Å². The molecule has 0 spiro atoms. The van der Waals surface area contributed by atoms with E-state index in [1.54, 1.807) is 0 Å². The van der Waals surface area contributed by atoms with Gasteiger partial charge in [0.25, 0.3) is 0 Å². The topological polar surface area (TPSA) is 0 Å². The largest absolute Gasteiger partial charge is 3.00 e. The number of rotatable bonds is 2. The molecule has 2 aromatic carbocycles. The zero-order valence-corrected chi connectivity index (χ0v) is 13.5. The molecule has 3 heteroatoms. The van der Waals surface area contributed by atoms with Gasteiger partial charge >= 0.3 is 26.2 Å². The summed E-state index contributed by atoms with van der Waals surface area (Å²) < 4.78 is 0. The van der Waals surface area contributed by atoms with Gasteiger partial charge in [0.2, 0.25) is 0 Å². The molecule has 0 aliphatic rings. The second-order valence-corrected chi connectivity index (χ2v) is 3.69. The summed E-state index contributed by atoms with van der Waals surface area (Å²) in [6.07, 6.45) is 1.22. The molecule has 85 valence electrons. The van der Waals surface area contributed by atoms with Crippen LogP contribution >= 0.6 is 0 Å². The minimum Gasteiger partial charge on any atom is -1.00 e. The summed E-state index contributed by atoms with van der Waals surface area (Å²) in [4.78, 5) is 0. The van der Waals surface area contributed by atoms with E-state index < -0.39 is 0 Å². The maximum atomic E-state index is 2.29. The quantitative estimate of drug-likeness (QED) is 0.562. The molecule has 1 atom stereocenters. The first-order valence-electron chi connectivity index (χ1n) is 4.97. The third-order valence-electron chi connectivity index (χ3n) is 2.86. The van der Waals surface area contributed by atoms with E-state index in [1.165, 1.54) is 22.8 Å². The first-order chi connectivity index (χ1) is 6.33. The molecule has 0 bridgehead atoms. The Labute approximate surface area is 129 Å². The normalized spacial score (nSPS) is 10.9. The Morgan fingerprint density at radius 1 is 1.19 bits per heavy atom. The summed E-state index contributed by atoms with van der Waals surface area (Å²) in [5.74, 6) is 0.680. The zero-order valence-electron chi connectivity index (χ0n) is 9.50. The van der Waals surface area contributed by atoms with E-state index in [1.807, 2.05) is 0 Å². The van der Waals surface area contributed by atoms with Crippen molar-refractivity contribution in [3.8, 4) is 0 Å². The van der Waals surface area contributed by atoms with Gasteiger partial charge in [0, 0.05) is 0 Å². The van der Waals surface area contributed by atoms with Crippen LogP contribution in [0.5, 0.6) is 0 Å². The first-order valence-corrected chi connectivity index (χ1v) is 4.97. The summed E-state index contributed by atoms with van der Waals surface area (Å²) >= 11 is 0. The van der Waals surface area contributed by atoms with E-state index in [9.17, 15) is 0 Å². The van der Waals surface area contributed by atoms with Crippen molar-refractivity contribution in [2.24, 2.45) is 0 Å². The predicted octanol–water partition coefficient (Wildman–Crippen LogP) is -1.92. The maximum Gasteiger partial charge on any atom is 3.00 e. The standard InChI is InChI=1S/C13H15.2ClH.Zr/c1-3-10(2)12-9-8-11-6-4-5-7-13(11)12;;;/h4-10H,3H2,1-2H3;2*1H;/q-1;;;+3/p-2. The van der Waals surface area contributed by atoms with E-state index in [0.29, 0.717) is 5.92 Å². The Hall–Kier alpha value is 0.293. The van der Waals surface area contributed by atoms with Crippen LogP contribution in [0.3, 0.4) is 0 Å². The summed E-state index contributed by atoms with van der Waals surface area (Å²) in [6, 6.07) is 13.1. The number of hydrogen-bond acceptors (Lipinski definition) is 0. The monoisotopic (exact) mass is 331 g/mol. The van der Waals surface area contributed by atoms with Gasteiger partial charge in [-0.25, -0.2) is 0 Å². The van der Waals surface area contributed by atoms with Gasteiger partial charge in [0.1, 0.15) is 0 Å². The van der Waals surface area contributed by atoms with Gasteiger partial charge in [-0.15, -0.1) is 41.1 Å². The summed E-state index contributed by atoms with van der Waals surface area (Å²) in [5.41, 5.74) is 1.50. The minimum absolute atomic E-state index is 0. The minimum atomic E-state index is 0. The Balaban J connectivity index is 0. The van der Waals surface area contributed by atoms with Crippen molar-refractivity contribution in [3.63, 3.8) is 0 Å². The number of halogens is 2. The SMILES string of the molecule is CCC(C)c1c[cH-]c2ccccc12.[Cl-].[Cl-].[Zr+3]. The molecule has 2 rings (SSSR count). The summed E-state index contributed by atoms with van der Waals surface area (Å²) in [5, 5.41) is 2.80. The van der Waals surface area contributed by atoms with Gasteiger partial charge in [-0.2, -0.15) is 5.56 Å². The molecule has 0 saturated heterocycles. The van der Waals surface area contributed by atoms with Gasteiger partial charge in [-0.05, 0) is 0 Å². The Morgan fingerprint density at radius 2 is 1.81 bits per heavy atom. The molecule has 0 N–H and O–H groups in total. The van der Waals surface area contributed by atoms with Crippen LogP contribution in [-0.4, -0.2) is 0 Å². The molecule has 0 fully saturated rings. The van der Waals surface area contributed by atoms with E-state index in [0.717, 1.165) is 0 Å².